The number of hydrogen-bond donors (Lipinski definition) is 1. The van der Waals surface area contributed by atoms with Crippen LogP contribution in [0.3, 0.4) is 0 Å². The van der Waals surface area contributed by atoms with Crippen molar-refractivity contribution in [3.63, 3.8) is 0 Å². The summed E-state index contributed by atoms with van der Waals surface area (Å²) < 4.78 is 0. The summed E-state index contributed by atoms with van der Waals surface area (Å²) in [6.07, 6.45) is 4.58. The molecule has 0 heterocycles. The Kier molecular flexibility index (Phi) is 6.44. The zero-order valence-electron chi connectivity index (χ0n) is 11.5. The summed E-state index contributed by atoms with van der Waals surface area (Å²) in [6, 6.07) is 8.60. The number of carbonyl (C=O) groups is 1. The summed E-state index contributed by atoms with van der Waals surface area (Å²) in [5, 5.41) is 0. The number of hydrogen-bond acceptors (Lipinski definition) is 2. The van der Waals surface area contributed by atoms with Gasteiger partial charge < -0.3 is 10.6 Å². The minimum absolute atomic E-state index is 0.203. The Morgan fingerprint density at radius 1 is 1.17 bits per heavy atom. The summed E-state index contributed by atoms with van der Waals surface area (Å²) in [5.41, 5.74) is 8.17. The quantitative estimate of drug-likeness (QED) is 0.802. The molecular weight excluding hydrogens is 224 g/mol. The van der Waals surface area contributed by atoms with Crippen molar-refractivity contribution >= 4 is 5.91 Å². The predicted molar refractivity (Wildman–Crippen MR) is 75.4 cm³/mol. The number of nitrogens with zero attached hydrogens (tertiary/aromatic N) is 1. The highest BCUT2D eigenvalue weighted by Crippen LogP contribution is 2.10. The van der Waals surface area contributed by atoms with E-state index < -0.39 is 0 Å². The minimum Gasteiger partial charge on any atom is -0.349 e. The maximum absolute atomic E-state index is 11.5. The first-order valence-corrected chi connectivity index (χ1v) is 6.61. The Bertz CT molecular complexity index is 375. The Morgan fingerprint density at radius 2 is 1.78 bits per heavy atom. The standard InChI is InChI=1S/C15H24N2O/c1-17(2)15(18)10-4-8-13-6-3-7-14(12-13)9-5-11-16/h3,6-7,12H,4-5,8-11,16H2,1-2H3. The molecular formula is C15H24N2O. The van der Waals surface area contributed by atoms with Crippen LogP contribution in [0.25, 0.3) is 0 Å². The molecule has 0 radical (unpaired) electrons. The lowest BCUT2D eigenvalue weighted by atomic mass is 10.0. The van der Waals surface area contributed by atoms with E-state index in [4.69, 9.17) is 5.73 Å². The second-order valence-corrected chi connectivity index (χ2v) is 4.85. The van der Waals surface area contributed by atoms with Crippen molar-refractivity contribution in [1.29, 1.82) is 0 Å². The first-order chi connectivity index (χ1) is 8.63. The molecule has 1 amide bonds. The number of aryl methyl sites for hydroxylation is 2. The fourth-order valence-corrected chi connectivity index (χ4v) is 1.91. The average molecular weight is 248 g/mol. The van der Waals surface area contributed by atoms with Crippen molar-refractivity contribution in [3.8, 4) is 0 Å². The van der Waals surface area contributed by atoms with E-state index in [1.165, 1.54) is 11.1 Å². The smallest absolute Gasteiger partial charge is 0.222 e. The predicted octanol–water partition coefficient (Wildman–Crippen LogP) is 1.99. The summed E-state index contributed by atoms with van der Waals surface area (Å²) in [4.78, 5) is 13.1. The van der Waals surface area contributed by atoms with E-state index in [0.29, 0.717) is 6.42 Å². The zero-order chi connectivity index (χ0) is 13.4. The summed E-state index contributed by atoms with van der Waals surface area (Å²) >= 11 is 0. The molecule has 18 heavy (non-hydrogen) atoms. The van der Waals surface area contributed by atoms with Crippen molar-refractivity contribution in [3.05, 3.63) is 35.4 Å². The third-order valence-electron chi connectivity index (χ3n) is 3.02. The number of amides is 1. The SMILES string of the molecule is CN(C)C(=O)CCCc1cccc(CCCN)c1. The molecule has 0 spiro atoms. The average Bonchev–Trinajstić information content (AvgIpc) is 2.36. The second-order valence-electron chi connectivity index (χ2n) is 4.85. The van der Waals surface area contributed by atoms with Crippen LogP contribution >= 0.6 is 0 Å². The van der Waals surface area contributed by atoms with Crippen molar-refractivity contribution in [2.45, 2.75) is 32.1 Å². The normalized spacial score (nSPS) is 10.4. The van der Waals surface area contributed by atoms with Crippen molar-refractivity contribution < 1.29 is 4.79 Å². The Hall–Kier alpha value is -1.35. The lowest BCUT2D eigenvalue weighted by Gasteiger charge is -2.10. The fourth-order valence-electron chi connectivity index (χ4n) is 1.91. The van der Waals surface area contributed by atoms with Gasteiger partial charge in [-0.05, 0) is 43.4 Å². The van der Waals surface area contributed by atoms with Crippen molar-refractivity contribution in [2.24, 2.45) is 5.73 Å². The Balaban J connectivity index is 2.40. The van der Waals surface area contributed by atoms with Gasteiger partial charge >= 0.3 is 0 Å². The molecule has 100 valence electrons. The monoisotopic (exact) mass is 248 g/mol. The maximum Gasteiger partial charge on any atom is 0.222 e. The van der Waals surface area contributed by atoms with Crippen LogP contribution in [0, 0.1) is 0 Å². The van der Waals surface area contributed by atoms with Crippen LogP contribution in [-0.2, 0) is 17.6 Å². The highest BCUT2D eigenvalue weighted by atomic mass is 16.2. The van der Waals surface area contributed by atoms with Gasteiger partial charge in [-0.1, -0.05) is 24.3 Å². The van der Waals surface area contributed by atoms with Crippen LogP contribution in [0.15, 0.2) is 24.3 Å². The minimum atomic E-state index is 0.203. The van der Waals surface area contributed by atoms with Crippen LogP contribution in [0.5, 0.6) is 0 Å². The molecule has 1 aromatic rings. The molecule has 0 aromatic heterocycles. The molecule has 0 aliphatic rings. The third-order valence-corrected chi connectivity index (χ3v) is 3.02. The van der Waals surface area contributed by atoms with Gasteiger partial charge in [0.05, 0.1) is 0 Å². The van der Waals surface area contributed by atoms with E-state index in [-0.39, 0.29) is 5.91 Å². The molecule has 0 aliphatic heterocycles. The lowest BCUT2D eigenvalue weighted by Crippen LogP contribution is -2.21. The van der Waals surface area contributed by atoms with Crippen LogP contribution in [0.2, 0.25) is 0 Å². The number of benzene rings is 1. The van der Waals surface area contributed by atoms with Gasteiger partial charge in [-0.2, -0.15) is 0 Å². The van der Waals surface area contributed by atoms with Gasteiger partial charge in [0.2, 0.25) is 5.91 Å². The third kappa shape index (κ3) is 5.32. The van der Waals surface area contributed by atoms with Crippen molar-refractivity contribution in [1.82, 2.24) is 4.90 Å². The van der Waals surface area contributed by atoms with Gasteiger partial charge in [-0.25, -0.2) is 0 Å². The molecule has 1 aromatic carbocycles. The van der Waals surface area contributed by atoms with E-state index in [1.807, 2.05) is 0 Å². The van der Waals surface area contributed by atoms with Crippen LogP contribution in [-0.4, -0.2) is 31.4 Å². The largest absolute Gasteiger partial charge is 0.349 e. The Labute approximate surface area is 110 Å². The van der Waals surface area contributed by atoms with E-state index in [2.05, 4.69) is 24.3 Å². The molecule has 0 atom stereocenters. The Morgan fingerprint density at radius 3 is 2.33 bits per heavy atom. The van der Waals surface area contributed by atoms with E-state index in [9.17, 15) is 4.79 Å². The van der Waals surface area contributed by atoms with Gasteiger partial charge in [-0.15, -0.1) is 0 Å². The van der Waals surface area contributed by atoms with E-state index >= 15 is 0 Å². The molecule has 0 bridgehead atoms. The molecule has 2 N–H and O–H groups in total. The highest BCUT2D eigenvalue weighted by Gasteiger charge is 2.03. The van der Waals surface area contributed by atoms with Gasteiger partial charge in [0.15, 0.2) is 0 Å². The molecule has 3 heteroatoms. The number of nitrogens with two attached hydrogens (primary N) is 1. The summed E-state index contributed by atoms with van der Waals surface area (Å²) in [5.74, 6) is 0.203. The lowest BCUT2D eigenvalue weighted by molar-refractivity contribution is -0.128. The van der Waals surface area contributed by atoms with Gasteiger partial charge in [0.25, 0.3) is 0 Å². The van der Waals surface area contributed by atoms with E-state index in [0.717, 1.165) is 32.2 Å². The van der Waals surface area contributed by atoms with Gasteiger partial charge in [0.1, 0.15) is 0 Å². The molecule has 3 nitrogen and oxygen atoms in total. The molecule has 0 fully saturated rings. The maximum atomic E-state index is 11.5. The summed E-state index contributed by atoms with van der Waals surface area (Å²) in [6.45, 7) is 0.738. The molecule has 0 unspecified atom stereocenters. The van der Waals surface area contributed by atoms with Crippen LogP contribution < -0.4 is 5.73 Å². The number of rotatable bonds is 7. The fraction of sp³-hybridized carbons (Fsp3) is 0.533. The zero-order valence-corrected chi connectivity index (χ0v) is 11.5. The van der Waals surface area contributed by atoms with Crippen LogP contribution in [0.1, 0.15) is 30.4 Å². The number of carbonyl (C=O) groups excluding carboxylic acids is 1. The van der Waals surface area contributed by atoms with Crippen molar-refractivity contribution in [2.75, 3.05) is 20.6 Å². The second kappa shape index (κ2) is 7.88. The highest BCUT2D eigenvalue weighted by molar-refractivity contribution is 5.75. The first kappa shape index (κ1) is 14.7. The molecule has 0 aliphatic carbocycles. The molecule has 1 rings (SSSR count). The first-order valence-electron chi connectivity index (χ1n) is 6.61. The van der Waals surface area contributed by atoms with Gasteiger partial charge in [0, 0.05) is 20.5 Å². The van der Waals surface area contributed by atoms with Crippen LogP contribution in [0.4, 0.5) is 0 Å². The molecule has 0 saturated heterocycles. The van der Waals surface area contributed by atoms with Gasteiger partial charge in [-0.3, -0.25) is 4.79 Å². The van der Waals surface area contributed by atoms with E-state index in [1.54, 1.807) is 19.0 Å². The molecule has 0 saturated carbocycles. The topological polar surface area (TPSA) is 46.3 Å². The summed E-state index contributed by atoms with van der Waals surface area (Å²) in [7, 11) is 3.60.